The largest absolute Gasteiger partial charge is 0.497 e. The highest BCUT2D eigenvalue weighted by atomic mass is 16.5. The van der Waals surface area contributed by atoms with Crippen LogP contribution >= 0.6 is 0 Å². The zero-order chi connectivity index (χ0) is 10.5. The summed E-state index contributed by atoms with van der Waals surface area (Å²) in [6.07, 6.45) is 3.90. The average Bonchev–Trinajstić information content (AvgIpc) is 2.28. The molecule has 0 bridgehead atoms. The maximum absolute atomic E-state index is 11.1. The second kappa shape index (κ2) is 4.78. The van der Waals surface area contributed by atoms with Crippen LogP contribution in [0, 0.1) is 0 Å². The summed E-state index contributed by atoms with van der Waals surface area (Å²) >= 11 is 0. The smallest absolute Gasteiger partial charge is 0.162 e. The third kappa shape index (κ3) is 2.94. The molecule has 0 radical (unpaired) electrons. The van der Waals surface area contributed by atoms with E-state index < -0.39 is 0 Å². The summed E-state index contributed by atoms with van der Waals surface area (Å²) in [5, 5.41) is 0. The lowest BCUT2D eigenvalue weighted by Crippen LogP contribution is -2.10. The number of rotatable bonds is 3. The van der Waals surface area contributed by atoms with Crippen molar-refractivity contribution in [2.45, 2.75) is 19.3 Å². The van der Waals surface area contributed by atoms with Gasteiger partial charge < -0.3 is 4.74 Å². The van der Waals surface area contributed by atoms with Crippen LogP contribution in [0.4, 0.5) is 0 Å². The second-order valence-corrected chi connectivity index (χ2v) is 3.66. The predicted octanol–water partition coefficient (Wildman–Crippen LogP) is 2.49. The Kier molecular flexibility index (Phi) is 3.18. The second-order valence-electron chi connectivity index (χ2n) is 3.66. The molecule has 1 aromatic rings. The van der Waals surface area contributed by atoms with Crippen LogP contribution in [-0.4, -0.2) is 12.4 Å². The number of allylic oxidation sites excluding steroid dienone is 2. The van der Waals surface area contributed by atoms with Gasteiger partial charge >= 0.3 is 0 Å². The molecule has 0 N–H and O–H groups in total. The van der Waals surface area contributed by atoms with Crippen molar-refractivity contribution in [3.8, 4) is 0 Å². The Labute approximate surface area is 89.6 Å². The van der Waals surface area contributed by atoms with E-state index in [4.69, 9.17) is 4.74 Å². The number of aryl methyl sites for hydroxylation is 1. The summed E-state index contributed by atoms with van der Waals surface area (Å²) in [5.74, 6) is 1.01. The van der Waals surface area contributed by atoms with Gasteiger partial charge in [-0.3, -0.25) is 4.79 Å². The fourth-order valence-electron chi connectivity index (χ4n) is 1.63. The Morgan fingerprint density at radius 3 is 2.67 bits per heavy atom. The zero-order valence-electron chi connectivity index (χ0n) is 8.61. The van der Waals surface area contributed by atoms with Gasteiger partial charge in [-0.05, 0) is 12.0 Å². The molecule has 0 aliphatic carbocycles. The molecule has 0 amide bonds. The fraction of sp³-hybridized carbons (Fsp3) is 0.308. The SMILES string of the molecule is O=C1C=C(CCc2ccccc2)OCC1. The van der Waals surface area contributed by atoms with Crippen molar-refractivity contribution in [2.75, 3.05) is 6.61 Å². The van der Waals surface area contributed by atoms with Gasteiger partial charge in [0.15, 0.2) is 5.78 Å². The molecule has 15 heavy (non-hydrogen) atoms. The minimum absolute atomic E-state index is 0.185. The van der Waals surface area contributed by atoms with Crippen molar-refractivity contribution in [1.29, 1.82) is 0 Å². The Morgan fingerprint density at radius 2 is 1.93 bits per heavy atom. The lowest BCUT2D eigenvalue weighted by molar-refractivity contribution is -0.116. The molecule has 78 valence electrons. The monoisotopic (exact) mass is 202 g/mol. The van der Waals surface area contributed by atoms with Gasteiger partial charge in [0.05, 0.1) is 12.4 Å². The summed E-state index contributed by atoms with van der Waals surface area (Å²) in [6.45, 7) is 0.541. The summed E-state index contributed by atoms with van der Waals surface area (Å²) in [5.41, 5.74) is 1.28. The van der Waals surface area contributed by atoms with E-state index in [-0.39, 0.29) is 5.78 Å². The van der Waals surface area contributed by atoms with Crippen LogP contribution in [-0.2, 0) is 16.0 Å². The van der Waals surface area contributed by atoms with Gasteiger partial charge in [0.2, 0.25) is 0 Å². The normalized spacial score (nSPS) is 15.7. The molecular formula is C13H14O2. The van der Waals surface area contributed by atoms with Crippen LogP contribution in [0.3, 0.4) is 0 Å². The van der Waals surface area contributed by atoms with Crippen molar-refractivity contribution >= 4 is 5.78 Å². The van der Waals surface area contributed by atoms with E-state index in [1.165, 1.54) is 5.56 Å². The van der Waals surface area contributed by atoms with Crippen molar-refractivity contribution < 1.29 is 9.53 Å². The van der Waals surface area contributed by atoms with Crippen LogP contribution in [0.1, 0.15) is 18.4 Å². The minimum Gasteiger partial charge on any atom is -0.497 e. The Balaban J connectivity index is 1.91. The number of ketones is 1. The van der Waals surface area contributed by atoms with Gasteiger partial charge in [-0.1, -0.05) is 30.3 Å². The van der Waals surface area contributed by atoms with Crippen molar-refractivity contribution in [3.05, 3.63) is 47.7 Å². The van der Waals surface area contributed by atoms with Gasteiger partial charge in [0.1, 0.15) is 0 Å². The van der Waals surface area contributed by atoms with Crippen LogP contribution in [0.15, 0.2) is 42.2 Å². The van der Waals surface area contributed by atoms with Crippen LogP contribution in [0.25, 0.3) is 0 Å². The molecule has 1 heterocycles. The van der Waals surface area contributed by atoms with Gasteiger partial charge in [-0.15, -0.1) is 0 Å². The Bertz CT molecular complexity index is 365. The third-order valence-electron chi connectivity index (χ3n) is 2.46. The van der Waals surface area contributed by atoms with Crippen LogP contribution in [0.5, 0.6) is 0 Å². The van der Waals surface area contributed by atoms with E-state index in [1.807, 2.05) is 18.2 Å². The summed E-state index contributed by atoms with van der Waals surface area (Å²) in [7, 11) is 0. The number of hydrogen-bond acceptors (Lipinski definition) is 2. The number of hydrogen-bond donors (Lipinski definition) is 0. The Hall–Kier alpha value is -1.57. The maximum Gasteiger partial charge on any atom is 0.162 e. The highest BCUT2D eigenvalue weighted by Crippen LogP contribution is 2.14. The van der Waals surface area contributed by atoms with E-state index in [0.717, 1.165) is 18.6 Å². The van der Waals surface area contributed by atoms with Crippen LogP contribution in [0.2, 0.25) is 0 Å². The molecule has 2 nitrogen and oxygen atoms in total. The molecule has 2 heteroatoms. The van der Waals surface area contributed by atoms with Crippen molar-refractivity contribution in [2.24, 2.45) is 0 Å². The molecule has 1 aliphatic rings. The van der Waals surface area contributed by atoms with E-state index in [9.17, 15) is 4.79 Å². The number of benzene rings is 1. The molecule has 0 unspecified atom stereocenters. The molecular weight excluding hydrogens is 188 g/mol. The Morgan fingerprint density at radius 1 is 1.13 bits per heavy atom. The lowest BCUT2D eigenvalue weighted by Gasteiger charge is -2.13. The first-order valence-electron chi connectivity index (χ1n) is 5.25. The van der Waals surface area contributed by atoms with Gasteiger partial charge in [-0.25, -0.2) is 0 Å². The number of carbonyl (C=O) groups is 1. The quantitative estimate of drug-likeness (QED) is 0.752. The summed E-state index contributed by atoms with van der Waals surface area (Å²) in [4.78, 5) is 11.1. The molecule has 0 saturated heterocycles. The van der Waals surface area contributed by atoms with E-state index in [2.05, 4.69) is 12.1 Å². The molecule has 1 aromatic carbocycles. The van der Waals surface area contributed by atoms with E-state index in [1.54, 1.807) is 6.08 Å². The fourth-order valence-corrected chi connectivity index (χ4v) is 1.63. The van der Waals surface area contributed by atoms with Crippen molar-refractivity contribution in [1.82, 2.24) is 0 Å². The van der Waals surface area contributed by atoms with Crippen LogP contribution < -0.4 is 0 Å². The summed E-state index contributed by atoms with van der Waals surface area (Å²) < 4.78 is 5.41. The molecule has 0 saturated carbocycles. The first kappa shape index (κ1) is 9.97. The first-order chi connectivity index (χ1) is 7.34. The lowest BCUT2D eigenvalue weighted by atomic mass is 10.1. The molecule has 0 aromatic heterocycles. The zero-order valence-corrected chi connectivity index (χ0v) is 8.61. The van der Waals surface area contributed by atoms with Gasteiger partial charge in [-0.2, -0.15) is 0 Å². The third-order valence-corrected chi connectivity index (χ3v) is 2.46. The van der Waals surface area contributed by atoms with Gasteiger partial charge in [0, 0.05) is 18.9 Å². The highest BCUT2D eigenvalue weighted by Gasteiger charge is 2.10. The minimum atomic E-state index is 0.185. The molecule has 0 fully saturated rings. The number of carbonyl (C=O) groups excluding carboxylic acids is 1. The average molecular weight is 202 g/mol. The number of ether oxygens (including phenoxy) is 1. The predicted molar refractivity (Wildman–Crippen MR) is 58.4 cm³/mol. The van der Waals surface area contributed by atoms with Crippen molar-refractivity contribution in [3.63, 3.8) is 0 Å². The molecule has 1 aliphatic heterocycles. The highest BCUT2D eigenvalue weighted by molar-refractivity contribution is 5.90. The summed E-state index contributed by atoms with van der Waals surface area (Å²) in [6, 6.07) is 10.2. The molecule has 2 rings (SSSR count). The van der Waals surface area contributed by atoms with Gasteiger partial charge in [0.25, 0.3) is 0 Å². The molecule has 0 spiro atoms. The van der Waals surface area contributed by atoms with E-state index >= 15 is 0 Å². The molecule has 0 atom stereocenters. The van der Waals surface area contributed by atoms with E-state index in [0.29, 0.717) is 13.0 Å². The standard InChI is InChI=1S/C13H14O2/c14-12-8-9-15-13(10-12)7-6-11-4-2-1-3-5-11/h1-5,10H,6-9H2. The first-order valence-corrected chi connectivity index (χ1v) is 5.25. The maximum atomic E-state index is 11.1. The topological polar surface area (TPSA) is 26.3 Å².